The van der Waals surface area contributed by atoms with Crippen molar-refractivity contribution in [1.29, 1.82) is 0 Å². The molecule has 0 saturated carbocycles. The van der Waals surface area contributed by atoms with Gasteiger partial charge in [-0.25, -0.2) is 0 Å². The van der Waals surface area contributed by atoms with Gasteiger partial charge in [0.1, 0.15) is 0 Å². The summed E-state index contributed by atoms with van der Waals surface area (Å²) in [6, 6.07) is 0. The Hall–Kier alpha value is -0.610. The number of hydrogen-bond donors (Lipinski definition) is 0. The maximum absolute atomic E-state index is 10.7. The average Bonchev–Trinajstić information content (AvgIpc) is 2.27. The molecule has 0 radical (unpaired) electrons. The van der Waals surface area contributed by atoms with E-state index in [0.717, 1.165) is 38.5 Å². The van der Waals surface area contributed by atoms with Gasteiger partial charge in [0.15, 0.2) is 6.29 Å². The van der Waals surface area contributed by atoms with E-state index in [-0.39, 0.29) is 18.4 Å². The molecule has 0 aromatic carbocycles. The largest absolute Gasteiger partial charge is 0.463 e. The molecule has 0 aromatic heterocycles. The highest BCUT2D eigenvalue weighted by Crippen LogP contribution is 2.11. The van der Waals surface area contributed by atoms with Crippen LogP contribution in [0.25, 0.3) is 0 Å². The van der Waals surface area contributed by atoms with Crippen LogP contribution in [-0.2, 0) is 19.0 Å². The molecule has 0 heterocycles. The second kappa shape index (κ2) is 10.5. The van der Waals surface area contributed by atoms with Crippen molar-refractivity contribution in [2.75, 3.05) is 14.2 Å². The first-order valence-corrected chi connectivity index (χ1v) is 6.33. The molecule has 102 valence electrons. The van der Waals surface area contributed by atoms with Crippen LogP contribution in [0, 0.1) is 0 Å². The van der Waals surface area contributed by atoms with Gasteiger partial charge in [-0.05, 0) is 32.6 Å². The summed E-state index contributed by atoms with van der Waals surface area (Å²) in [5.41, 5.74) is 0. The molecule has 0 bridgehead atoms. The monoisotopic (exact) mass is 246 g/mol. The summed E-state index contributed by atoms with van der Waals surface area (Å²) in [6.07, 6.45) is 6.37. The van der Waals surface area contributed by atoms with E-state index in [1.54, 1.807) is 14.2 Å². The quantitative estimate of drug-likeness (QED) is 0.338. The van der Waals surface area contributed by atoms with Gasteiger partial charge in [-0.1, -0.05) is 12.8 Å². The van der Waals surface area contributed by atoms with Crippen LogP contribution in [0.3, 0.4) is 0 Å². The number of unbranched alkanes of at least 4 members (excludes halogenated alkanes) is 3. The van der Waals surface area contributed by atoms with Gasteiger partial charge >= 0.3 is 5.97 Å². The van der Waals surface area contributed by atoms with Crippen LogP contribution < -0.4 is 0 Å². The van der Waals surface area contributed by atoms with Crippen LogP contribution in [-0.4, -0.2) is 32.6 Å². The van der Waals surface area contributed by atoms with E-state index in [0.29, 0.717) is 0 Å². The van der Waals surface area contributed by atoms with Crippen LogP contribution in [0.4, 0.5) is 0 Å². The number of hydrogen-bond acceptors (Lipinski definition) is 4. The van der Waals surface area contributed by atoms with Gasteiger partial charge in [0.2, 0.25) is 0 Å². The molecule has 0 aliphatic rings. The molecule has 0 saturated heterocycles. The van der Waals surface area contributed by atoms with Crippen molar-refractivity contribution in [3.8, 4) is 0 Å². The van der Waals surface area contributed by atoms with Crippen molar-refractivity contribution in [2.24, 2.45) is 0 Å². The van der Waals surface area contributed by atoms with E-state index in [1.807, 2.05) is 6.92 Å². The number of carbonyl (C=O) groups is 1. The van der Waals surface area contributed by atoms with Crippen molar-refractivity contribution in [3.05, 3.63) is 0 Å². The zero-order valence-electron chi connectivity index (χ0n) is 11.5. The Bertz CT molecular complexity index is 190. The van der Waals surface area contributed by atoms with Crippen molar-refractivity contribution in [1.82, 2.24) is 0 Å². The Morgan fingerprint density at radius 1 is 1.00 bits per heavy atom. The molecule has 1 unspecified atom stereocenters. The maximum Gasteiger partial charge on any atom is 0.302 e. The van der Waals surface area contributed by atoms with Gasteiger partial charge < -0.3 is 14.2 Å². The van der Waals surface area contributed by atoms with E-state index in [4.69, 9.17) is 14.2 Å². The minimum Gasteiger partial charge on any atom is -0.463 e. The maximum atomic E-state index is 10.7. The molecule has 0 amide bonds. The van der Waals surface area contributed by atoms with E-state index >= 15 is 0 Å². The molecule has 0 rings (SSSR count). The second-order valence-electron chi connectivity index (χ2n) is 4.31. The first-order chi connectivity index (χ1) is 8.10. The van der Waals surface area contributed by atoms with Crippen molar-refractivity contribution >= 4 is 5.97 Å². The Morgan fingerprint density at radius 3 is 2.00 bits per heavy atom. The minimum atomic E-state index is -0.194. The minimum absolute atomic E-state index is 0.0400. The van der Waals surface area contributed by atoms with E-state index < -0.39 is 0 Å². The lowest BCUT2D eigenvalue weighted by Gasteiger charge is -2.13. The van der Waals surface area contributed by atoms with E-state index in [2.05, 4.69) is 0 Å². The third-order valence-corrected chi connectivity index (χ3v) is 2.69. The summed E-state index contributed by atoms with van der Waals surface area (Å²) in [6.45, 7) is 3.39. The van der Waals surface area contributed by atoms with Crippen molar-refractivity contribution in [3.63, 3.8) is 0 Å². The molecule has 1 atom stereocenters. The average molecular weight is 246 g/mol. The van der Waals surface area contributed by atoms with Gasteiger partial charge in [-0.2, -0.15) is 0 Å². The predicted molar refractivity (Wildman–Crippen MR) is 66.7 cm³/mol. The first-order valence-electron chi connectivity index (χ1n) is 6.33. The van der Waals surface area contributed by atoms with Crippen LogP contribution in [0.5, 0.6) is 0 Å². The van der Waals surface area contributed by atoms with Crippen LogP contribution in [0.1, 0.15) is 52.4 Å². The van der Waals surface area contributed by atoms with Crippen LogP contribution >= 0.6 is 0 Å². The number of carbonyl (C=O) groups excluding carboxylic acids is 1. The Balaban J connectivity index is 3.31. The molecular formula is C13H26O4. The highest BCUT2D eigenvalue weighted by Gasteiger charge is 2.06. The Kier molecular flexibility index (Phi) is 10.2. The highest BCUT2D eigenvalue weighted by molar-refractivity contribution is 5.66. The van der Waals surface area contributed by atoms with E-state index in [1.165, 1.54) is 6.92 Å². The van der Waals surface area contributed by atoms with E-state index in [9.17, 15) is 4.79 Å². The molecule has 17 heavy (non-hydrogen) atoms. The summed E-state index contributed by atoms with van der Waals surface area (Å²) in [7, 11) is 3.32. The molecular weight excluding hydrogens is 220 g/mol. The number of ether oxygens (including phenoxy) is 3. The zero-order valence-corrected chi connectivity index (χ0v) is 11.5. The fraction of sp³-hybridized carbons (Fsp3) is 0.923. The standard InChI is InChI=1S/C13H26O4/c1-11(17-12(2)14)9-7-5-6-8-10-13(15-3)16-4/h11,13H,5-10H2,1-4H3. The summed E-state index contributed by atoms with van der Waals surface area (Å²) in [5.74, 6) is -0.194. The molecule has 0 spiro atoms. The molecule has 0 aliphatic carbocycles. The lowest BCUT2D eigenvalue weighted by Crippen LogP contribution is -2.12. The molecule has 4 heteroatoms. The molecule has 4 nitrogen and oxygen atoms in total. The van der Waals surface area contributed by atoms with Gasteiger partial charge in [-0.15, -0.1) is 0 Å². The number of methoxy groups -OCH3 is 2. The molecule has 0 fully saturated rings. The van der Waals surface area contributed by atoms with Crippen LogP contribution in [0.2, 0.25) is 0 Å². The predicted octanol–water partition coefficient (Wildman–Crippen LogP) is 2.90. The summed E-state index contributed by atoms with van der Waals surface area (Å²) >= 11 is 0. The topological polar surface area (TPSA) is 44.8 Å². The fourth-order valence-corrected chi connectivity index (χ4v) is 1.77. The Labute approximate surface area is 105 Å². The lowest BCUT2D eigenvalue weighted by atomic mass is 10.1. The molecule has 0 aromatic rings. The normalized spacial score (nSPS) is 12.8. The third kappa shape index (κ3) is 10.3. The van der Waals surface area contributed by atoms with Crippen LogP contribution in [0.15, 0.2) is 0 Å². The number of rotatable bonds is 10. The fourth-order valence-electron chi connectivity index (χ4n) is 1.77. The van der Waals surface area contributed by atoms with Gasteiger partial charge in [0.05, 0.1) is 6.10 Å². The Morgan fingerprint density at radius 2 is 1.53 bits per heavy atom. The highest BCUT2D eigenvalue weighted by atomic mass is 16.7. The molecule has 0 N–H and O–H groups in total. The summed E-state index contributed by atoms with van der Waals surface area (Å²) in [5, 5.41) is 0. The second-order valence-corrected chi connectivity index (χ2v) is 4.31. The third-order valence-electron chi connectivity index (χ3n) is 2.69. The van der Waals surface area contributed by atoms with Gasteiger partial charge in [0.25, 0.3) is 0 Å². The summed E-state index contributed by atoms with van der Waals surface area (Å²) in [4.78, 5) is 10.7. The van der Waals surface area contributed by atoms with Crippen molar-refractivity contribution < 1.29 is 19.0 Å². The SMILES string of the molecule is COC(CCCCCCC(C)OC(C)=O)OC. The smallest absolute Gasteiger partial charge is 0.302 e. The first kappa shape index (κ1) is 16.4. The number of esters is 1. The molecule has 0 aliphatic heterocycles. The summed E-state index contributed by atoms with van der Waals surface area (Å²) < 4.78 is 15.3. The lowest BCUT2D eigenvalue weighted by molar-refractivity contribution is -0.145. The van der Waals surface area contributed by atoms with Gasteiger partial charge in [-0.3, -0.25) is 4.79 Å². The van der Waals surface area contributed by atoms with Gasteiger partial charge in [0, 0.05) is 21.1 Å². The zero-order chi connectivity index (χ0) is 13.1. The van der Waals surface area contributed by atoms with Crippen molar-refractivity contribution in [2.45, 2.75) is 64.8 Å².